The van der Waals surface area contributed by atoms with Gasteiger partial charge in [-0.25, -0.2) is 4.98 Å². The van der Waals surface area contributed by atoms with Gasteiger partial charge in [-0.3, -0.25) is 5.43 Å². The number of aryl methyl sites for hydroxylation is 1. The van der Waals surface area contributed by atoms with Gasteiger partial charge in [0.25, 0.3) is 0 Å². The Balaban J connectivity index is 2.11. The van der Waals surface area contributed by atoms with E-state index in [-0.39, 0.29) is 0 Å². The molecular weight excluding hydrogens is 246 g/mol. The third-order valence-corrected chi connectivity index (χ3v) is 3.06. The van der Waals surface area contributed by atoms with Crippen LogP contribution in [0.3, 0.4) is 0 Å². The van der Waals surface area contributed by atoms with E-state index >= 15 is 0 Å². The number of thiazole rings is 1. The van der Waals surface area contributed by atoms with Crippen LogP contribution < -0.4 is 11.2 Å². The summed E-state index contributed by atoms with van der Waals surface area (Å²) in [5.41, 5.74) is 10.8. The number of nitriles is 1. The van der Waals surface area contributed by atoms with Gasteiger partial charge in [0.1, 0.15) is 5.82 Å². The molecule has 90 valence electrons. The van der Waals surface area contributed by atoms with Gasteiger partial charge in [0.15, 0.2) is 0 Å². The number of hydrogen-bond donors (Lipinski definition) is 2. The van der Waals surface area contributed by atoms with Gasteiger partial charge in [-0.05, 0) is 30.2 Å². The van der Waals surface area contributed by atoms with Crippen molar-refractivity contribution in [3.8, 4) is 6.07 Å². The summed E-state index contributed by atoms with van der Waals surface area (Å²) in [4.78, 5) is 4.02. The molecule has 2 aromatic rings. The molecule has 0 radical (unpaired) electrons. The zero-order valence-corrected chi connectivity index (χ0v) is 10.5. The molecule has 0 atom stereocenters. The van der Waals surface area contributed by atoms with Crippen LogP contribution in [0.5, 0.6) is 0 Å². The zero-order valence-electron chi connectivity index (χ0n) is 9.71. The van der Waals surface area contributed by atoms with Crippen molar-refractivity contribution < 1.29 is 0 Å². The van der Waals surface area contributed by atoms with Crippen LogP contribution >= 0.6 is 11.3 Å². The summed E-state index contributed by atoms with van der Waals surface area (Å²) < 4.78 is 0. The van der Waals surface area contributed by atoms with E-state index in [1.54, 1.807) is 23.7 Å². The van der Waals surface area contributed by atoms with E-state index in [1.165, 1.54) is 11.3 Å². The first kappa shape index (κ1) is 12.1. The highest BCUT2D eigenvalue weighted by molar-refractivity contribution is 7.14. The molecule has 0 saturated heterocycles. The molecule has 3 N–H and O–H groups in total. The van der Waals surface area contributed by atoms with Crippen molar-refractivity contribution in [1.29, 1.82) is 5.26 Å². The molecule has 0 fully saturated rings. The Kier molecular flexibility index (Phi) is 3.55. The maximum atomic E-state index is 8.83. The largest absolute Gasteiger partial charge is 0.383 e. The summed E-state index contributed by atoms with van der Waals surface area (Å²) in [7, 11) is 0. The Bertz CT molecular complexity index is 624. The van der Waals surface area contributed by atoms with E-state index in [0.717, 1.165) is 11.1 Å². The van der Waals surface area contributed by atoms with Crippen LogP contribution in [0, 0.1) is 18.3 Å². The number of aromatic nitrogens is 1. The van der Waals surface area contributed by atoms with E-state index in [4.69, 9.17) is 11.0 Å². The molecule has 1 aromatic heterocycles. The maximum absolute atomic E-state index is 8.83. The monoisotopic (exact) mass is 257 g/mol. The molecule has 2 rings (SSSR count). The number of nitrogens with zero attached hydrogens (tertiary/aromatic N) is 3. The molecule has 5 nitrogen and oxygen atoms in total. The molecule has 0 bridgehead atoms. The summed E-state index contributed by atoms with van der Waals surface area (Å²) in [5, 5.41) is 15.3. The van der Waals surface area contributed by atoms with Crippen molar-refractivity contribution >= 4 is 28.5 Å². The highest BCUT2D eigenvalue weighted by atomic mass is 32.1. The van der Waals surface area contributed by atoms with Crippen molar-refractivity contribution in [2.75, 3.05) is 11.2 Å². The fraction of sp³-hybridized carbons (Fsp3) is 0.0833. The number of hydrazone groups is 1. The SMILES string of the molecule is Cc1ccc(C#N)cc1C=NNc1nc(N)cs1. The van der Waals surface area contributed by atoms with Crippen LogP contribution in [-0.2, 0) is 0 Å². The smallest absolute Gasteiger partial charge is 0.205 e. The standard InChI is InChI=1S/C12H11N5S/c1-8-2-3-9(5-13)4-10(8)6-15-17-12-16-11(14)7-18-12/h2-4,6-7H,14H2,1H3,(H,16,17). The lowest BCUT2D eigenvalue weighted by atomic mass is 10.1. The third kappa shape index (κ3) is 2.84. The highest BCUT2D eigenvalue weighted by Crippen LogP contribution is 2.16. The van der Waals surface area contributed by atoms with Crippen molar-refractivity contribution in [3.05, 3.63) is 40.3 Å². The number of benzene rings is 1. The summed E-state index contributed by atoms with van der Waals surface area (Å²) in [5.74, 6) is 0.473. The van der Waals surface area contributed by atoms with Crippen LogP contribution in [0.25, 0.3) is 0 Å². The molecule has 0 amide bonds. The molecular formula is C12H11N5S. The fourth-order valence-electron chi connectivity index (χ4n) is 1.34. The van der Waals surface area contributed by atoms with Crippen molar-refractivity contribution in [1.82, 2.24) is 4.98 Å². The van der Waals surface area contributed by atoms with Gasteiger partial charge in [0.2, 0.25) is 5.13 Å². The minimum Gasteiger partial charge on any atom is -0.383 e. The fourth-order valence-corrected chi connectivity index (χ4v) is 1.89. The number of nitrogen functional groups attached to an aromatic ring is 1. The first-order valence-corrected chi connectivity index (χ1v) is 6.08. The number of anilines is 2. The second-order valence-corrected chi connectivity index (χ2v) is 4.49. The maximum Gasteiger partial charge on any atom is 0.205 e. The molecule has 1 heterocycles. The average Bonchev–Trinajstić information content (AvgIpc) is 2.77. The lowest BCUT2D eigenvalue weighted by Gasteiger charge is -1.99. The molecule has 0 aliphatic carbocycles. The van der Waals surface area contributed by atoms with E-state index in [2.05, 4.69) is 21.6 Å². The second-order valence-electron chi connectivity index (χ2n) is 3.63. The van der Waals surface area contributed by atoms with Gasteiger partial charge in [0, 0.05) is 5.38 Å². The molecule has 0 aliphatic heterocycles. The van der Waals surface area contributed by atoms with Crippen LogP contribution in [0.2, 0.25) is 0 Å². The Hall–Kier alpha value is -2.39. The van der Waals surface area contributed by atoms with Crippen LogP contribution in [0.4, 0.5) is 10.9 Å². The lowest BCUT2D eigenvalue weighted by Crippen LogP contribution is -1.93. The Labute approximate surface area is 109 Å². The van der Waals surface area contributed by atoms with Crippen molar-refractivity contribution in [3.63, 3.8) is 0 Å². The molecule has 18 heavy (non-hydrogen) atoms. The van der Waals surface area contributed by atoms with Crippen LogP contribution in [-0.4, -0.2) is 11.2 Å². The highest BCUT2D eigenvalue weighted by Gasteiger charge is 1.98. The van der Waals surface area contributed by atoms with Gasteiger partial charge >= 0.3 is 0 Å². The predicted octanol–water partition coefficient (Wildman–Crippen LogP) is 2.35. The Morgan fingerprint density at radius 1 is 1.56 bits per heavy atom. The van der Waals surface area contributed by atoms with E-state index in [1.807, 2.05) is 13.0 Å². The molecule has 1 aromatic carbocycles. The Morgan fingerprint density at radius 3 is 3.06 bits per heavy atom. The summed E-state index contributed by atoms with van der Waals surface area (Å²) >= 11 is 1.38. The molecule has 0 spiro atoms. The van der Waals surface area contributed by atoms with E-state index < -0.39 is 0 Å². The summed E-state index contributed by atoms with van der Waals surface area (Å²) in [6, 6.07) is 7.56. The number of nitrogens with two attached hydrogens (primary N) is 1. The summed E-state index contributed by atoms with van der Waals surface area (Å²) in [6.07, 6.45) is 1.66. The number of hydrogen-bond acceptors (Lipinski definition) is 6. The number of rotatable bonds is 3. The topological polar surface area (TPSA) is 87.1 Å². The molecule has 0 aliphatic rings. The average molecular weight is 257 g/mol. The minimum atomic E-state index is 0.473. The number of nitrogens with one attached hydrogen (secondary N) is 1. The van der Waals surface area contributed by atoms with Gasteiger partial charge in [-0.2, -0.15) is 10.4 Å². The first-order valence-electron chi connectivity index (χ1n) is 5.20. The van der Waals surface area contributed by atoms with E-state index in [9.17, 15) is 0 Å². The first-order chi connectivity index (χ1) is 8.69. The molecule has 0 unspecified atom stereocenters. The van der Waals surface area contributed by atoms with Crippen molar-refractivity contribution in [2.45, 2.75) is 6.92 Å². The lowest BCUT2D eigenvalue weighted by molar-refractivity contribution is 1.29. The van der Waals surface area contributed by atoms with Gasteiger partial charge in [-0.15, -0.1) is 11.3 Å². The molecule has 6 heteroatoms. The van der Waals surface area contributed by atoms with Crippen LogP contribution in [0.15, 0.2) is 28.7 Å². The molecule has 0 saturated carbocycles. The second kappa shape index (κ2) is 5.29. The minimum absolute atomic E-state index is 0.473. The Morgan fingerprint density at radius 2 is 2.39 bits per heavy atom. The predicted molar refractivity (Wildman–Crippen MR) is 73.6 cm³/mol. The zero-order chi connectivity index (χ0) is 13.0. The van der Waals surface area contributed by atoms with Gasteiger partial charge in [0.05, 0.1) is 17.8 Å². The quantitative estimate of drug-likeness (QED) is 0.652. The van der Waals surface area contributed by atoms with E-state index in [0.29, 0.717) is 16.5 Å². The summed E-state index contributed by atoms with van der Waals surface area (Å²) in [6.45, 7) is 1.96. The van der Waals surface area contributed by atoms with Crippen molar-refractivity contribution in [2.24, 2.45) is 5.10 Å². The normalized spacial score (nSPS) is 10.4. The van der Waals surface area contributed by atoms with Gasteiger partial charge in [-0.1, -0.05) is 6.07 Å². The van der Waals surface area contributed by atoms with Gasteiger partial charge < -0.3 is 5.73 Å². The third-order valence-electron chi connectivity index (χ3n) is 2.29. The van der Waals surface area contributed by atoms with Crippen LogP contribution in [0.1, 0.15) is 16.7 Å².